The van der Waals surface area contributed by atoms with Crippen molar-refractivity contribution >= 4 is 17.3 Å². The Bertz CT molecular complexity index is 983. The first-order valence-corrected chi connectivity index (χ1v) is 10.3. The minimum Gasteiger partial charge on any atom is -0.493 e. The van der Waals surface area contributed by atoms with Crippen LogP contribution in [0.4, 0.5) is 0 Å². The third-order valence-electron chi connectivity index (χ3n) is 4.99. The number of rotatable bonds is 5. The molecule has 0 atom stereocenters. The fraction of sp³-hybridized carbons (Fsp3) is 0.261. The van der Waals surface area contributed by atoms with Crippen LogP contribution in [-0.4, -0.2) is 38.2 Å². The number of fused-ring (bicyclic) bond motifs is 1. The van der Waals surface area contributed by atoms with Crippen LogP contribution in [-0.2, 0) is 17.8 Å². The molecule has 0 radical (unpaired) electrons. The highest BCUT2D eigenvalue weighted by atomic mass is 32.1. The maximum absolute atomic E-state index is 11.6. The van der Waals surface area contributed by atoms with E-state index in [0.717, 1.165) is 47.8 Å². The summed E-state index contributed by atoms with van der Waals surface area (Å²) in [5, 5.41) is 2.08. The lowest BCUT2D eigenvalue weighted by molar-refractivity contribution is 0.0600. The maximum atomic E-state index is 11.6. The highest BCUT2D eigenvalue weighted by Gasteiger charge is 2.21. The summed E-state index contributed by atoms with van der Waals surface area (Å²) in [5.41, 5.74) is 3.97. The number of carbonyl (C=O) groups excluding carboxylic acids is 1. The topological polar surface area (TPSA) is 48.0 Å². The van der Waals surface area contributed by atoms with Crippen LogP contribution in [0.1, 0.15) is 21.5 Å². The van der Waals surface area contributed by atoms with Crippen LogP contribution in [0, 0.1) is 0 Å². The van der Waals surface area contributed by atoms with Crippen molar-refractivity contribution < 1.29 is 19.0 Å². The number of benzene rings is 2. The molecule has 1 aromatic heterocycles. The lowest BCUT2D eigenvalue weighted by atomic mass is 10.1. The van der Waals surface area contributed by atoms with Gasteiger partial charge >= 0.3 is 5.97 Å². The summed E-state index contributed by atoms with van der Waals surface area (Å²) in [6.07, 6.45) is 0. The van der Waals surface area contributed by atoms with E-state index >= 15 is 0 Å². The molecule has 0 unspecified atom stereocenters. The van der Waals surface area contributed by atoms with Gasteiger partial charge in [0.2, 0.25) is 0 Å². The molecule has 0 saturated carbocycles. The van der Waals surface area contributed by atoms with Crippen molar-refractivity contribution in [1.82, 2.24) is 4.90 Å². The van der Waals surface area contributed by atoms with Crippen LogP contribution in [0.25, 0.3) is 10.4 Å². The second-order valence-corrected chi connectivity index (χ2v) is 7.84. The third kappa shape index (κ3) is 4.28. The summed E-state index contributed by atoms with van der Waals surface area (Å²) < 4.78 is 16.4. The Morgan fingerprint density at radius 2 is 2.00 bits per heavy atom. The number of methoxy groups -OCH3 is 2. The smallest absolute Gasteiger partial charge is 0.337 e. The Balaban J connectivity index is 1.57. The molecule has 2 heterocycles. The zero-order valence-electron chi connectivity index (χ0n) is 16.5. The molecule has 1 aliphatic heterocycles. The van der Waals surface area contributed by atoms with E-state index in [1.165, 1.54) is 12.0 Å². The van der Waals surface area contributed by atoms with E-state index < -0.39 is 0 Å². The summed E-state index contributed by atoms with van der Waals surface area (Å²) in [6, 6.07) is 16.0. The van der Waals surface area contributed by atoms with Crippen LogP contribution >= 0.6 is 11.3 Å². The van der Waals surface area contributed by atoms with Gasteiger partial charge in [-0.1, -0.05) is 18.2 Å². The standard InChI is InChI=1S/C23H23NO4S/c1-26-20-13-18(21-4-3-11-29-21)12-19-15-24(9-10-28-22(19)20)14-16-5-7-17(8-6-16)23(25)27-2/h3-8,11-13H,9-10,14-15H2,1-2H3. The van der Waals surface area contributed by atoms with Gasteiger partial charge in [-0.25, -0.2) is 4.79 Å². The number of ether oxygens (including phenoxy) is 3. The van der Waals surface area contributed by atoms with Gasteiger partial charge in [-0.15, -0.1) is 11.3 Å². The molecule has 0 aliphatic carbocycles. The first-order valence-electron chi connectivity index (χ1n) is 9.45. The van der Waals surface area contributed by atoms with E-state index in [1.54, 1.807) is 30.6 Å². The van der Waals surface area contributed by atoms with Crippen LogP contribution in [0.15, 0.2) is 53.9 Å². The summed E-state index contributed by atoms with van der Waals surface area (Å²) in [6.45, 7) is 2.95. The van der Waals surface area contributed by atoms with Gasteiger partial charge in [0.25, 0.3) is 0 Å². The monoisotopic (exact) mass is 409 g/mol. The Kier molecular flexibility index (Phi) is 5.83. The second kappa shape index (κ2) is 8.68. The largest absolute Gasteiger partial charge is 0.493 e. The van der Waals surface area contributed by atoms with Gasteiger partial charge in [-0.3, -0.25) is 4.90 Å². The summed E-state index contributed by atoms with van der Waals surface area (Å²) in [5.74, 6) is 1.29. The summed E-state index contributed by atoms with van der Waals surface area (Å²) >= 11 is 1.71. The number of nitrogens with zero attached hydrogens (tertiary/aromatic N) is 1. The average Bonchev–Trinajstić information content (AvgIpc) is 3.21. The van der Waals surface area contributed by atoms with E-state index in [1.807, 2.05) is 18.2 Å². The minimum absolute atomic E-state index is 0.318. The molecular weight excluding hydrogens is 386 g/mol. The van der Waals surface area contributed by atoms with E-state index in [9.17, 15) is 4.79 Å². The molecule has 0 amide bonds. The zero-order chi connectivity index (χ0) is 20.2. The molecule has 3 aromatic rings. The van der Waals surface area contributed by atoms with Crippen molar-refractivity contribution in [2.24, 2.45) is 0 Å². The number of esters is 1. The molecule has 0 bridgehead atoms. The lowest BCUT2D eigenvalue weighted by Crippen LogP contribution is -2.25. The van der Waals surface area contributed by atoms with Crippen molar-refractivity contribution in [2.45, 2.75) is 13.1 Å². The predicted molar refractivity (Wildman–Crippen MR) is 114 cm³/mol. The van der Waals surface area contributed by atoms with Crippen molar-refractivity contribution in [2.75, 3.05) is 27.4 Å². The van der Waals surface area contributed by atoms with Gasteiger partial charge < -0.3 is 14.2 Å². The van der Waals surface area contributed by atoms with Crippen molar-refractivity contribution in [3.05, 3.63) is 70.6 Å². The summed E-state index contributed by atoms with van der Waals surface area (Å²) in [7, 11) is 3.08. The zero-order valence-corrected chi connectivity index (χ0v) is 17.3. The molecule has 0 fully saturated rings. The number of hydrogen-bond acceptors (Lipinski definition) is 6. The van der Waals surface area contributed by atoms with Gasteiger partial charge in [0.05, 0.1) is 19.8 Å². The highest BCUT2D eigenvalue weighted by Crippen LogP contribution is 2.39. The fourth-order valence-corrected chi connectivity index (χ4v) is 4.25. The van der Waals surface area contributed by atoms with Gasteiger partial charge in [-0.05, 0) is 46.8 Å². The molecule has 6 heteroatoms. The molecule has 5 nitrogen and oxygen atoms in total. The van der Waals surface area contributed by atoms with Crippen LogP contribution < -0.4 is 9.47 Å². The van der Waals surface area contributed by atoms with Gasteiger partial charge in [-0.2, -0.15) is 0 Å². The molecule has 150 valence electrons. The van der Waals surface area contributed by atoms with Gasteiger partial charge in [0.1, 0.15) is 6.61 Å². The minimum atomic E-state index is -0.318. The highest BCUT2D eigenvalue weighted by molar-refractivity contribution is 7.13. The van der Waals surface area contributed by atoms with Crippen LogP contribution in [0.3, 0.4) is 0 Å². The lowest BCUT2D eigenvalue weighted by Gasteiger charge is -2.20. The Morgan fingerprint density at radius 1 is 1.17 bits per heavy atom. The first kappa shape index (κ1) is 19.5. The first-order chi connectivity index (χ1) is 14.2. The molecule has 0 saturated heterocycles. The van der Waals surface area contributed by atoms with E-state index in [4.69, 9.17) is 14.2 Å². The van der Waals surface area contributed by atoms with Crippen LogP contribution in [0.2, 0.25) is 0 Å². The molecule has 0 N–H and O–H groups in total. The Labute approximate surface area is 174 Å². The molecule has 2 aromatic carbocycles. The maximum Gasteiger partial charge on any atom is 0.337 e. The van der Waals surface area contributed by atoms with E-state index in [0.29, 0.717) is 12.2 Å². The number of thiophene rings is 1. The normalized spacial score (nSPS) is 13.9. The van der Waals surface area contributed by atoms with E-state index in [-0.39, 0.29) is 5.97 Å². The third-order valence-corrected chi connectivity index (χ3v) is 5.91. The van der Waals surface area contributed by atoms with Crippen molar-refractivity contribution in [3.8, 4) is 21.9 Å². The second-order valence-electron chi connectivity index (χ2n) is 6.89. The number of carbonyl (C=O) groups is 1. The Morgan fingerprint density at radius 3 is 2.69 bits per heavy atom. The van der Waals surface area contributed by atoms with Gasteiger partial charge in [0.15, 0.2) is 11.5 Å². The van der Waals surface area contributed by atoms with Crippen molar-refractivity contribution in [1.29, 1.82) is 0 Å². The van der Waals surface area contributed by atoms with Crippen molar-refractivity contribution in [3.63, 3.8) is 0 Å². The Hall–Kier alpha value is -2.83. The van der Waals surface area contributed by atoms with Crippen LogP contribution in [0.5, 0.6) is 11.5 Å². The predicted octanol–water partition coefficient (Wildman–Crippen LogP) is 4.60. The molecular formula is C23H23NO4S. The SMILES string of the molecule is COC(=O)c1ccc(CN2CCOc3c(cc(-c4cccs4)cc3OC)C2)cc1. The number of hydrogen-bond donors (Lipinski definition) is 0. The molecule has 0 spiro atoms. The average molecular weight is 410 g/mol. The molecule has 29 heavy (non-hydrogen) atoms. The summed E-state index contributed by atoms with van der Waals surface area (Å²) in [4.78, 5) is 15.2. The fourth-order valence-electron chi connectivity index (χ4n) is 3.53. The van der Waals surface area contributed by atoms with Gasteiger partial charge in [0, 0.05) is 30.1 Å². The molecule has 1 aliphatic rings. The quantitative estimate of drug-likeness (QED) is 0.576. The van der Waals surface area contributed by atoms with E-state index in [2.05, 4.69) is 28.5 Å². The molecule has 4 rings (SSSR count).